The number of ether oxygens (including phenoxy) is 2. The smallest absolute Gasteiger partial charge is 0.221 e. The van der Waals surface area contributed by atoms with E-state index in [1.165, 1.54) is 25.3 Å². The molecular formula is C25H34N4O3. The van der Waals surface area contributed by atoms with Gasteiger partial charge >= 0.3 is 0 Å². The van der Waals surface area contributed by atoms with Crippen LogP contribution in [-0.4, -0.2) is 38.7 Å². The van der Waals surface area contributed by atoms with E-state index < -0.39 is 0 Å². The summed E-state index contributed by atoms with van der Waals surface area (Å²) in [5.41, 5.74) is 3.04. The average Bonchev–Trinajstić information content (AvgIpc) is 3.31. The molecule has 0 bridgehead atoms. The van der Waals surface area contributed by atoms with Gasteiger partial charge in [0.2, 0.25) is 5.91 Å². The van der Waals surface area contributed by atoms with Gasteiger partial charge in [0.25, 0.3) is 0 Å². The second-order valence-electron chi connectivity index (χ2n) is 7.95. The Hall–Kier alpha value is -3.22. The van der Waals surface area contributed by atoms with Gasteiger partial charge in [-0.15, -0.1) is 0 Å². The van der Waals surface area contributed by atoms with Crippen LogP contribution in [0.5, 0.6) is 11.5 Å². The molecule has 0 aromatic heterocycles. The monoisotopic (exact) mass is 438 g/mol. The van der Waals surface area contributed by atoms with Crippen LogP contribution in [0.2, 0.25) is 0 Å². The van der Waals surface area contributed by atoms with Crippen LogP contribution in [0, 0.1) is 0 Å². The number of nitrogens with one attached hydrogen (secondary N) is 3. The Morgan fingerprint density at radius 2 is 1.84 bits per heavy atom. The molecule has 1 saturated carbocycles. The predicted octanol–water partition coefficient (Wildman–Crippen LogP) is 3.88. The molecule has 3 N–H and O–H groups in total. The van der Waals surface area contributed by atoms with E-state index in [1.807, 2.05) is 36.4 Å². The number of methoxy groups -OCH3 is 1. The summed E-state index contributed by atoms with van der Waals surface area (Å²) in [6.45, 7) is 2.83. The molecule has 0 unspecified atom stereocenters. The van der Waals surface area contributed by atoms with Gasteiger partial charge in [-0.05, 0) is 55.9 Å². The molecule has 7 heteroatoms. The second-order valence-corrected chi connectivity index (χ2v) is 7.95. The standard InChI is InChI=1S/C25H34N4O3/c1-18(30)29-21-13-11-19(12-14-21)15-16-27-25(26-2)28-17-20-7-6-10-23(31-3)24(20)32-22-8-4-5-9-22/h6-7,10-14,22H,4-5,8-9,15-17H2,1-3H3,(H,29,30)(H2,26,27,28). The van der Waals surface area contributed by atoms with Crippen LogP contribution in [0.15, 0.2) is 47.5 Å². The third kappa shape index (κ3) is 6.90. The summed E-state index contributed by atoms with van der Waals surface area (Å²) in [5.74, 6) is 2.25. The maximum Gasteiger partial charge on any atom is 0.221 e. The first-order valence-electron chi connectivity index (χ1n) is 11.2. The molecule has 1 fully saturated rings. The number of aliphatic imine (C=N–C) groups is 1. The average molecular weight is 439 g/mol. The van der Waals surface area contributed by atoms with Crippen molar-refractivity contribution in [3.63, 3.8) is 0 Å². The fraction of sp³-hybridized carbons (Fsp3) is 0.440. The van der Waals surface area contributed by atoms with Crippen molar-refractivity contribution in [3.8, 4) is 11.5 Å². The molecule has 0 atom stereocenters. The van der Waals surface area contributed by atoms with E-state index in [0.717, 1.165) is 54.5 Å². The molecule has 1 aliphatic carbocycles. The number of para-hydroxylation sites is 1. The Morgan fingerprint density at radius 3 is 2.50 bits per heavy atom. The fourth-order valence-corrected chi connectivity index (χ4v) is 3.85. The highest BCUT2D eigenvalue weighted by molar-refractivity contribution is 5.88. The number of carbonyl (C=O) groups is 1. The highest BCUT2D eigenvalue weighted by atomic mass is 16.5. The number of guanidine groups is 1. The van der Waals surface area contributed by atoms with Crippen molar-refractivity contribution in [1.29, 1.82) is 0 Å². The zero-order valence-corrected chi connectivity index (χ0v) is 19.2. The third-order valence-electron chi connectivity index (χ3n) is 5.52. The lowest BCUT2D eigenvalue weighted by Gasteiger charge is -2.20. The summed E-state index contributed by atoms with van der Waals surface area (Å²) in [5, 5.41) is 9.51. The second kappa shape index (κ2) is 12.0. The fourth-order valence-electron chi connectivity index (χ4n) is 3.85. The van der Waals surface area contributed by atoms with E-state index in [0.29, 0.717) is 6.54 Å². The molecule has 1 amide bonds. The Balaban J connectivity index is 1.52. The quantitative estimate of drug-likeness (QED) is 0.409. The highest BCUT2D eigenvalue weighted by Gasteiger charge is 2.20. The summed E-state index contributed by atoms with van der Waals surface area (Å²) in [4.78, 5) is 15.5. The minimum Gasteiger partial charge on any atom is -0.493 e. The lowest BCUT2D eigenvalue weighted by Crippen LogP contribution is -2.38. The SMILES string of the molecule is CN=C(NCCc1ccc(NC(C)=O)cc1)NCc1cccc(OC)c1OC1CCCC1. The van der Waals surface area contributed by atoms with Gasteiger partial charge in [-0.1, -0.05) is 24.3 Å². The number of anilines is 1. The number of hydrogen-bond acceptors (Lipinski definition) is 4. The van der Waals surface area contributed by atoms with Crippen LogP contribution in [0.1, 0.15) is 43.7 Å². The lowest BCUT2D eigenvalue weighted by molar-refractivity contribution is -0.114. The Morgan fingerprint density at radius 1 is 1.09 bits per heavy atom. The van der Waals surface area contributed by atoms with Gasteiger partial charge in [0.05, 0.1) is 13.2 Å². The number of hydrogen-bond donors (Lipinski definition) is 3. The number of benzene rings is 2. The Kier molecular flexibility index (Phi) is 8.78. The van der Waals surface area contributed by atoms with Crippen LogP contribution in [0.3, 0.4) is 0 Å². The molecule has 32 heavy (non-hydrogen) atoms. The number of amides is 1. The van der Waals surface area contributed by atoms with Crippen molar-refractivity contribution < 1.29 is 14.3 Å². The van der Waals surface area contributed by atoms with E-state index in [4.69, 9.17) is 9.47 Å². The largest absolute Gasteiger partial charge is 0.493 e. The molecule has 0 spiro atoms. The summed E-state index contributed by atoms with van der Waals surface area (Å²) < 4.78 is 11.9. The Bertz CT molecular complexity index is 906. The van der Waals surface area contributed by atoms with Crippen LogP contribution in [0.4, 0.5) is 5.69 Å². The molecule has 0 radical (unpaired) electrons. The molecule has 172 valence electrons. The van der Waals surface area contributed by atoms with E-state index >= 15 is 0 Å². The topological polar surface area (TPSA) is 84.0 Å². The van der Waals surface area contributed by atoms with Crippen molar-refractivity contribution >= 4 is 17.6 Å². The van der Waals surface area contributed by atoms with Gasteiger partial charge in [0, 0.05) is 38.3 Å². The zero-order valence-electron chi connectivity index (χ0n) is 19.2. The third-order valence-corrected chi connectivity index (χ3v) is 5.52. The first-order chi connectivity index (χ1) is 15.6. The molecule has 0 heterocycles. The van der Waals surface area contributed by atoms with E-state index in [2.05, 4.69) is 27.0 Å². The number of carbonyl (C=O) groups excluding carboxylic acids is 1. The minimum atomic E-state index is -0.0675. The van der Waals surface area contributed by atoms with E-state index in [9.17, 15) is 4.79 Å². The van der Waals surface area contributed by atoms with E-state index in [1.54, 1.807) is 14.2 Å². The number of nitrogens with zero attached hydrogens (tertiary/aromatic N) is 1. The molecule has 3 rings (SSSR count). The van der Waals surface area contributed by atoms with Gasteiger partial charge < -0.3 is 25.4 Å². The van der Waals surface area contributed by atoms with Crippen molar-refractivity contribution in [2.45, 2.75) is 51.7 Å². The molecule has 2 aromatic carbocycles. The van der Waals surface area contributed by atoms with E-state index in [-0.39, 0.29) is 12.0 Å². The predicted molar refractivity (Wildman–Crippen MR) is 129 cm³/mol. The Labute approximate surface area is 190 Å². The lowest BCUT2D eigenvalue weighted by atomic mass is 10.1. The normalized spacial score (nSPS) is 14.2. The van der Waals surface area contributed by atoms with Gasteiger partial charge in [0.15, 0.2) is 17.5 Å². The van der Waals surface area contributed by atoms with Crippen molar-refractivity contribution in [2.75, 3.05) is 26.0 Å². The van der Waals surface area contributed by atoms with Crippen LogP contribution in [0.25, 0.3) is 0 Å². The molecule has 0 aliphatic heterocycles. The van der Waals surface area contributed by atoms with Crippen LogP contribution in [-0.2, 0) is 17.8 Å². The van der Waals surface area contributed by atoms with Crippen molar-refractivity contribution in [3.05, 3.63) is 53.6 Å². The highest BCUT2D eigenvalue weighted by Crippen LogP contribution is 2.34. The molecule has 1 aliphatic rings. The molecule has 7 nitrogen and oxygen atoms in total. The molecule has 0 saturated heterocycles. The maximum atomic E-state index is 11.1. The van der Waals surface area contributed by atoms with Gasteiger partial charge in [-0.3, -0.25) is 9.79 Å². The minimum absolute atomic E-state index is 0.0675. The summed E-state index contributed by atoms with van der Waals surface area (Å²) in [7, 11) is 3.44. The molecule has 2 aromatic rings. The summed E-state index contributed by atoms with van der Waals surface area (Å²) >= 11 is 0. The first-order valence-corrected chi connectivity index (χ1v) is 11.2. The number of rotatable bonds is 9. The van der Waals surface area contributed by atoms with Crippen molar-refractivity contribution in [1.82, 2.24) is 10.6 Å². The molecular weight excluding hydrogens is 404 g/mol. The van der Waals surface area contributed by atoms with Gasteiger partial charge in [-0.25, -0.2) is 0 Å². The van der Waals surface area contributed by atoms with Crippen LogP contribution >= 0.6 is 0 Å². The zero-order chi connectivity index (χ0) is 22.8. The summed E-state index contributed by atoms with van der Waals surface area (Å²) in [6, 6.07) is 13.9. The first kappa shape index (κ1) is 23.4. The van der Waals surface area contributed by atoms with Crippen LogP contribution < -0.4 is 25.4 Å². The maximum absolute atomic E-state index is 11.1. The van der Waals surface area contributed by atoms with Gasteiger partial charge in [-0.2, -0.15) is 0 Å². The summed E-state index contributed by atoms with van der Waals surface area (Å²) in [6.07, 6.45) is 5.75. The van der Waals surface area contributed by atoms with Gasteiger partial charge in [0.1, 0.15) is 0 Å². The van der Waals surface area contributed by atoms with Crippen molar-refractivity contribution in [2.24, 2.45) is 4.99 Å².